The van der Waals surface area contributed by atoms with Gasteiger partial charge in [-0.05, 0) is 79.6 Å². The maximum absolute atomic E-state index is 13.8. The Morgan fingerprint density at radius 3 is 2.30 bits per heavy atom. The molecule has 5 aromatic rings. The van der Waals surface area contributed by atoms with E-state index in [4.69, 9.17) is 23.9 Å². The van der Waals surface area contributed by atoms with Gasteiger partial charge in [-0.15, -0.1) is 0 Å². The van der Waals surface area contributed by atoms with Crippen LogP contribution in [0.3, 0.4) is 0 Å². The van der Waals surface area contributed by atoms with Crippen molar-refractivity contribution in [2.24, 2.45) is 0 Å². The van der Waals surface area contributed by atoms with Crippen molar-refractivity contribution < 1.29 is 33.6 Å². The van der Waals surface area contributed by atoms with Gasteiger partial charge in [-0.25, -0.2) is 4.98 Å². The molecule has 1 saturated heterocycles. The molecule has 1 fully saturated rings. The third-order valence-electron chi connectivity index (χ3n) is 7.49. The van der Waals surface area contributed by atoms with Gasteiger partial charge in [0, 0.05) is 5.56 Å². The maximum Gasteiger partial charge on any atom is 0.301 e. The highest BCUT2D eigenvalue weighted by Gasteiger charge is 2.48. The first-order chi connectivity index (χ1) is 22.4. The molecule has 6 rings (SSSR count). The molecule has 4 aromatic carbocycles. The number of carbonyl (C=O) groups excluding carboxylic acids is 2. The van der Waals surface area contributed by atoms with Gasteiger partial charge in [0.05, 0.1) is 42.2 Å². The van der Waals surface area contributed by atoms with Crippen molar-refractivity contribution in [3.8, 4) is 23.0 Å². The van der Waals surface area contributed by atoms with Crippen molar-refractivity contribution in [3.05, 3.63) is 113 Å². The third-order valence-corrected chi connectivity index (χ3v) is 8.51. The molecule has 1 atom stereocenters. The first-order valence-corrected chi connectivity index (χ1v) is 15.7. The van der Waals surface area contributed by atoms with Gasteiger partial charge in [-0.2, -0.15) is 0 Å². The van der Waals surface area contributed by atoms with Gasteiger partial charge in [0.1, 0.15) is 23.9 Å². The Balaban J connectivity index is 1.47. The van der Waals surface area contributed by atoms with E-state index in [2.05, 4.69) is 0 Å². The molecule has 0 aliphatic carbocycles. The number of nitrogens with zero attached hydrogens (tertiary/aromatic N) is 2. The van der Waals surface area contributed by atoms with Crippen molar-refractivity contribution in [2.45, 2.75) is 26.5 Å². The lowest BCUT2D eigenvalue weighted by atomic mass is 9.95. The number of benzene rings is 4. The molecule has 0 spiro atoms. The smallest absolute Gasteiger partial charge is 0.301 e. The topological polar surface area (TPSA) is 107 Å². The summed E-state index contributed by atoms with van der Waals surface area (Å²) in [5, 5.41) is 11.9. The molecule has 0 saturated carbocycles. The summed E-state index contributed by atoms with van der Waals surface area (Å²) in [4.78, 5) is 33.7. The number of methoxy groups -OCH3 is 1. The molecule has 1 aliphatic rings. The summed E-state index contributed by atoms with van der Waals surface area (Å²) in [6.45, 7) is 4.95. The van der Waals surface area contributed by atoms with Crippen LogP contribution in [0.25, 0.3) is 16.0 Å². The molecule has 1 N–H and O–H groups in total. The number of aliphatic hydroxyl groups is 1. The number of hydrogen-bond donors (Lipinski definition) is 1. The van der Waals surface area contributed by atoms with Gasteiger partial charge in [0.2, 0.25) is 0 Å². The molecule has 1 aromatic heterocycles. The predicted molar refractivity (Wildman–Crippen MR) is 177 cm³/mol. The molecule has 1 aliphatic heterocycles. The van der Waals surface area contributed by atoms with Crippen LogP contribution in [-0.4, -0.2) is 42.1 Å². The van der Waals surface area contributed by atoms with Gasteiger partial charge < -0.3 is 24.1 Å². The van der Waals surface area contributed by atoms with Gasteiger partial charge >= 0.3 is 5.91 Å². The Morgan fingerprint density at radius 2 is 1.59 bits per heavy atom. The van der Waals surface area contributed by atoms with Gasteiger partial charge in [-0.3, -0.25) is 14.5 Å². The number of rotatable bonds is 11. The zero-order valence-corrected chi connectivity index (χ0v) is 26.4. The largest absolute Gasteiger partial charge is 0.507 e. The van der Waals surface area contributed by atoms with E-state index in [-0.39, 0.29) is 11.3 Å². The van der Waals surface area contributed by atoms with Crippen LogP contribution in [0.4, 0.5) is 5.13 Å². The second-order valence-electron chi connectivity index (χ2n) is 10.4. The van der Waals surface area contributed by atoms with Crippen LogP contribution in [0, 0.1) is 0 Å². The summed E-state index contributed by atoms with van der Waals surface area (Å²) in [6.07, 6.45) is 0. The monoisotopic (exact) mass is 636 g/mol. The summed E-state index contributed by atoms with van der Waals surface area (Å²) >= 11 is 1.26. The predicted octanol–water partition coefficient (Wildman–Crippen LogP) is 7.31. The van der Waals surface area contributed by atoms with Crippen molar-refractivity contribution in [1.29, 1.82) is 0 Å². The summed E-state index contributed by atoms with van der Waals surface area (Å²) in [5.41, 5.74) is 2.48. The highest BCUT2D eigenvalue weighted by molar-refractivity contribution is 7.22. The standard InChI is InChI=1S/C36H32N2O7S/c1-4-43-26-16-17-27-30(20-26)46-36(37-27)38-32(31(34(40)35(38)41)33(39)23-11-14-25(42-3)15-12-23)24-13-18-28(29(19-24)44-5-2)45-21-22-9-7-6-8-10-22/h6-20,32,39H,4-5,21H2,1-3H3. The van der Waals surface area contributed by atoms with E-state index in [1.807, 2.05) is 62.4 Å². The van der Waals surface area contributed by atoms with E-state index in [1.54, 1.807) is 49.6 Å². The number of hydrogen-bond acceptors (Lipinski definition) is 9. The first-order valence-electron chi connectivity index (χ1n) is 14.8. The number of ether oxygens (including phenoxy) is 4. The SMILES string of the molecule is CCOc1ccc2nc(N3C(=O)C(=O)C(=C(O)c4ccc(OC)cc4)C3c3ccc(OCc4ccccc4)c(OCC)c3)sc2c1. The molecule has 2 heterocycles. The number of anilines is 1. The van der Waals surface area contributed by atoms with Crippen LogP contribution in [0.1, 0.15) is 36.6 Å². The number of amides is 1. The van der Waals surface area contributed by atoms with Crippen molar-refractivity contribution in [3.63, 3.8) is 0 Å². The summed E-state index contributed by atoms with van der Waals surface area (Å²) in [7, 11) is 1.54. The molecule has 234 valence electrons. The Bertz CT molecular complexity index is 1920. The molecule has 46 heavy (non-hydrogen) atoms. The lowest BCUT2D eigenvalue weighted by Crippen LogP contribution is -2.29. The molecular weight excluding hydrogens is 604 g/mol. The Morgan fingerprint density at radius 1 is 0.848 bits per heavy atom. The van der Waals surface area contributed by atoms with E-state index in [9.17, 15) is 14.7 Å². The van der Waals surface area contributed by atoms with Crippen LogP contribution < -0.4 is 23.8 Å². The van der Waals surface area contributed by atoms with Crippen LogP contribution in [0.15, 0.2) is 96.6 Å². The summed E-state index contributed by atoms with van der Waals surface area (Å²) in [6, 6.07) is 26.1. The number of aromatic nitrogens is 1. The van der Waals surface area contributed by atoms with Crippen LogP contribution in [-0.2, 0) is 16.2 Å². The lowest BCUT2D eigenvalue weighted by Gasteiger charge is -2.24. The minimum absolute atomic E-state index is 0.0650. The molecule has 10 heteroatoms. The minimum atomic E-state index is -1.00. The number of Topliss-reactive ketones (excluding diaryl/α,β-unsaturated/α-hetero) is 1. The van der Waals surface area contributed by atoms with Gasteiger partial charge in [-0.1, -0.05) is 47.7 Å². The highest BCUT2D eigenvalue weighted by Crippen LogP contribution is 2.46. The van der Waals surface area contributed by atoms with E-state index in [0.29, 0.717) is 64.6 Å². The number of thiazole rings is 1. The summed E-state index contributed by atoms with van der Waals surface area (Å²) in [5.74, 6) is 0.274. The van der Waals surface area contributed by atoms with Gasteiger partial charge in [0.15, 0.2) is 16.6 Å². The molecule has 0 radical (unpaired) electrons. The third kappa shape index (κ3) is 5.99. The fraction of sp³-hybridized carbons (Fsp3) is 0.194. The van der Waals surface area contributed by atoms with Crippen LogP contribution in [0.5, 0.6) is 23.0 Å². The fourth-order valence-corrected chi connectivity index (χ4v) is 6.34. The first kappa shape index (κ1) is 30.7. The van der Waals surface area contributed by atoms with Crippen LogP contribution >= 0.6 is 11.3 Å². The molecule has 0 bridgehead atoms. The second-order valence-corrected chi connectivity index (χ2v) is 11.4. The molecule has 1 unspecified atom stereocenters. The number of ketones is 1. The number of fused-ring (bicyclic) bond motifs is 1. The normalized spacial score (nSPS) is 15.7. The second kappa shape index (κ2) is 13.3. The minimum Gasteiger partial charge on any atom is -0.507 e. The zero-order valence-electron chi connectivity index (χ0n) is 25.6. The van der Waals surface area contributed by atoms with Crippen molar-refractivity contribution in [1.82, 2.24) is 4.98 Å². The number of aliphatic hydroxyl groups excluding tert-OH is 1. The Hall–Kier alpha value is -5.35. The number of carbonyl (C=O) groups is 2. The Labute approximate surface area is 270 Å². The molecular formula is C36H32N2O7S. The average Bonchev–Trinajstić information content (AvgIpc) is 3.61. The quantitative estimate of drug-likeness (QED) is 0.0914. The lowest BCUT2D eigenvalue weighted by molar-refractivity contribution is -0.132. The summed E-state index contributed by atoms with van der Waals surface area (Å²) < 4.78 is 23.8. The highest BCUT2D eigenvalue weighted by atomic mass is 32.1. The Kier molecular flexibility index (Phi) is 8.89. The van der Waals surface area contributed by atoms with Crippen molar-refractivity contribution >= 4 is 44.1 Å². The van der Waals surface area contributed by atoms with Crippen LogP contribution in [0.2, 0.25) is 0 Å². The van der Waals surface area contributed by atoms with E-state index < -0.39 is 17.7 Å². The fourth-order valence-electron chi connectivity index (χ4n) is 5.32. The molecule has 1 amide bonds. The van der Waals surface area contributed by atoms with E-state index in [1.165, 1.54) is 16.2 Å². The average molecular weight is 637 g/mol. The van der Waals surface area contributed by atoms with Gasteiger partial charge in [0.25, 0.3) is 5.78 Å². The van der Waals surface area contributed by atoms with E-state index in [0.717, 1.165) is 10.3 Å². The molecule has 9 nitrogen and oxygen atoms in total. The van der Waals surface area contributed by atoms with Crippen molar-refractivity contribution in [2.75, 3.05) is 25.2 Å². The zero-order chi connectivity index (χ0) is 32.2. The maximum atomic E-state index is 13.8. The van der Waals surface area contributed by atoms with E-state index >= 15 is 0 Å².